The monoisotopic (exact) mass is 792 g/mol. The Kier molecular flexibility index (Phi) is 13.8. The van der Waals surface area contributed by atoms with Gasteiger partial charge in [0.15, 0.2) is 0 Å². The summed E-state index contributed by atoms with van der Waals surface area (Å²) in [6, 6.07) is 3.83. The number of nitrogens with one attached hydrogen (secondary N) is 3. The average molecular weight is 793 g/mol. The Morgan fingerprint density at radius 1 is 0.947 bits per heavy atom. The van der Waals surface area contributed by atoms with Crippen LogP contribution in [0.2, 0.25) is 0 Å². The first-order valence-electron chi connectivity index (χ1n) is 19.8. The van der Waals surface area contributed by atoms with E-state index >= 15 is 0 Å². The van der Waals surface area contributed by atoms with E-state index in [2.05, 4.69) is 48.0 Å². The van der Waals surface area contributed by atoms with Crippen LogP contribution in [0.15, 0.2) is 42.0 Å². The molecule has 0 spiro atoms. The van der Waals surface area contributed by atoms with E-state index in [4.69, 9.17) is 23.7 Å². The number of hydrogen-bond donors (Lipinski definition) is 3. The Morgan fingerprint density at radius 3 is 2.47 bits per heavy atom. The molecule has 16 heteroatoms. The number of carbonyl (C=O) groups excluding carboxylic acids is 7. The normalized spacial score (nSPS) is 28.2. The van der Waals surface area contributed by atoms with Gasteiger partial charge in [-0.25, -0.2) is 4.79 Å². The van der Waals surface area contributed by atoms with Gasteiger partial charge in [0, 0.05) is 44.5 Å². The predicted octanol–water partition coefficient (Wildman–Crippen LogP) is 3.45. The highest BCUT2D eigenvalue weighted by Crippen LogP contribution is 2.45. The van der Waals surface area contributed by atoms with Crippen molar-refractivity contribution in [2.24, 2.45) is 23.7 Å². The molecule has 1 aromatic rings. The van der Waals surface area contributed by atoms with Crippen LogP contribution in [-0.2, 0) is 42.9 Å². The average Bonchev–Trinajstić information content (AvgIpc) is 3.40. The first kappa shape index (κ1) is 41.5. The number of benzene rings is 1. The number of rotatable bonds is 16. The fourth-order valence-electron chi connectivity index (χ4n) is 8.59. The summed E-state index contributed by atoms with van der Waals surface area (Å²) >= 11 is 0. The molecular formula is C41H52N4O12. The van der Waals surface area contributed by atoms with Gasteiger partial charge in [-0.1, -0.05) is 38.1 Å². The van der Waals surface area contributed by atoms with Crippen LogP contribution in [0.4, 0.5) is 10.5 Å². The van der Waals surface area contributed by atoms with E-state index < -0.39 is 47.8 Å². The standard InChI is InChI=1S/C41H52N4O12/c1-23-19-26-8-7-24(2)29(10-9-27-21-28(55-25(3)46)22-35(48)56-27)36(26)33(20-23)57-41(52)43-14-16-54-18-17-53-15-13-42-31-6-4-5-30-37(31)40(51)45(39(30)50)32-11-12-34(47)44-38(32)49/h4-8,19,23-24,27-29,32-33,36,42H,9-18,20-22H2,1-3H3,(H,43,52)(H,44,47,49)/t23-,24-,27+,28+,29-,32?,33-,36-/m0/s1. The number of imide groups is 2. The zero-order valence-corrected chi connectivity index (χ0v) is 32.6. The van der Waals surface area contributed by atoms with Gasteiger partial charge in [0.05, 0.1) is 44.0 Å². The van der Waals surface area contributed by atoms with Crippen molar-refractivity contribution in [3.05, 3.63) is 53.1 Å². The Hall–Kier alpha value is -5.09. The molecule has 1 unspecified atom stereocenters. The molecule has 0 aromatic heterocycles. The third kappa shape index (κ3) is 10.3. The van der Waals surface area contributed by atoms with Gasteiger partial charge < -0.3 is 34.3 Å². The zero-order chi connectivity index (χ0) is 40.6. The topological polar surface area (TPSA) is 205 Å². The van der Waals surface area contributed by atoms with Gasteiger partial charge in [-0.15, -0.1) is 0 Å². The minimum atomic E-state index is -1.04. The number of nitrogens with zero attached hydrogens (tertiary/aromatic N) is 1. The maximum atomic E-state index is 13.3. The second-order valence-electron chi connectivity index (χ2n) is 15.3. The Bertz CT molecular complexity index is 1790. The fourth-order valence-corrected chi connectivity index (χ4v) is 8.59. The largest absolute Gasteiger partial charge is 0.462 e. The second-order valence-corrected chi connectivity index (χ2v) is 15.3. The molecule has 8 atom stereocenters. The summed E-state index contributed by atoms with van der Waals surface area (Å²) in [4.78, 5) is 87.8. The molecule has 2 saturated heterocycles. The van der Waals surface area contributed by atoms with Crippen molar-refractivity contribution < 1.29 is 57.2 Å². The van der Waals surface area contributed by atoms with Crippen LogP contribution in [0.5, 0.6) is 0 Å². The van der Waals surface area contributed by atoms with E-state index in [1.807, 2.05) is 0 Å². The minimum Gasteiger partial charge on any atom is -0.462 e. The fraction of sp³-hybridized carbons (Fsp3) is 0.585. The van der Waals surface area contributed by atoms with Gasteiger partial charge in [0.2, 0.25) is 11.8 Å². The lowest BCUT2D eigenvalue weighted by Gasteiger charge is -2.43. The van der Waals surface area contributed by atoms with Crippen LogP contribution in [0.1, 0.15) is 86.4 Å². The predicted molar refractivity (Wildman–Crippen MR) is 203 cm³/mol. The number of alkyl carbamates (subject to hydrolysis) is 1. The smallest absolute Gasteiger partial charge is 0.407 e. The summed E-state index contributed by atoms with van der Waals surface area (Å²) in [6.07, 6.45) is 7.63. The minimum absolute atomic E-state index is 0.00304. The van der Waals surface area contributed by atoms with Crippen LogP contribution in [0, 0.1) is 23.7 Å². The molecule has 0 saturated carbocycles. The van der Waals surface area contributed by atoms with E-state index in [0.717, 1.165) is 16.9 Å². The van der Waals surface area contributed by atoms with Gasteiger partial charge in [-0.2, -0.15) is 0 Å². The number of anilines is 1. The third-order valence-corrected chi connectivity index (χ3v) is 11.1. The number of piperidine rings is 1. The molecule has 1 aromatic carbocycles. The maximum absolute atomic E-state index is 13.3. The molecule has 0 radical (unpaired) electrons. The maximum Gasteiger partial charge on any atom is 0.407 e. The number of cyclic esters (lactones) is 1. The number of amides is 5. The number of allylic oxidation sites excluding steroid dienone is 3. The Labute approximate surface area is 331 Å². The molecule has 3 aliphatic heterocycles. The Morgan fingerprint density at radius 2 is 1.72 bits per heavy atom. The summed E-state index contributed by atoms with van der Waals surface area (Å²) < 4.78 is 28.3. The number of ether oxygens (including phenoxy) is 5. The number of carbonyl (C=O) groups is 7. The van der Waals surface area contributed by atoms with Gasteiger partial charge in [-0.3, -0.25) is 39.0 Å². The van der Waals surface area contributed by atoms with Crippen LogP contribution < -0.4 is 16.0 Å². The number of fused-ring (bicyclic) bond motifs is 2. The quantitative estimate of drug-likeness (QED) is 0.0951. The summed E-state index contributed by atoms with van der Waals surface area (Å²) in [5, 5.41) is 8.12. The lowest BCUT2D eigenvalue weighted by molar-refractivity contribution is -0.168. The van der Waals surface area contributed by atoms with Crippen LogP contribution >= 0.6 is 0 Å². The number of esters is 2. The highest BCUT2D eigenvalue weighted by molar-refractivity contribution is 6.25. The highest BCUT2D eigenvalue weighted by atomic mass is 16.6. The van der Waals surface area contributed by atoms with Crippen molar-refractivity contribution in [1.29, 1.82) is 0 Å². The van der Waals surface area contributed by atoms with Crippen LogP contribution in [-0.4, -0.2) is 110 Å². The lowest BCUT2D eigenvalue weighted by atomic mass is 9.65. The van der Waals surface area contributed by atoms with Crippen molar-refractivity contribution in [2.75, 3.05) is 44.8 Å². The van der Waals surface area contributed by atoms with E-state index in [0.29, 0.717) is 31.5 Å². The summed E-state index contributed by atoms with van der Waals surface area (Å²) in [6.45, 7) is 7.28. The van der Waals surface area contributed by atoms with E-state index in [1.54, 1.807) is 12.1 Å². The first-order chi connectivity index (χ1) is 27.4. The zero-order valence-electron chi connectivity index (χ0n) is 32.6. The van der Waals surface area contributed by atoms with Crippen molar-refractivity contribution in [2.45, 2.75) is 90.1 Å². The molecule has 6 rings (SSSR count). The van der Waals surface area contributed by atoms with Gasteiger partial charge in [0.25, 0.3) is 11.8 Å². The molecule has 2 aliphatic carbocycles. The molecule has 308 valence electrons. The van der Waals surface area contributed by atoms with Crippen LogP contribution in [0.3, 0.4) is 0 Å². The summed E-state index contributed by atoms with van der Waals surface area (Å²) in [5.41, 5.74) is 1.97. The Balaban J connectivity index is 0.885. The molecule has 57 heavy (non-hydrogen) atoms. The number of hydrogen-bond acceptors (Lipinski definition) is 13. The van der Waals surface area contributed by atoms with Crippen LogP contribution in [0.25, 0.3) is 0 Å². The molecule has 3 heterocycles. The highest BCUT2D eigenvalue weighted by Gasteiger charge is 2.46. The molecule has 5 amide bonds. The van der Waals surface area contributed by atoms with Crippen molar-refractivity contribution in [3.63, 3.8) is 0 Å². The SMILES string of the molecule is CC(=O)O[C@H]1CC(=O)O[C@H](CC[C@@H]2[C@@H]3C(=C[C@H](C)C[C@@H]3OC(=O)NCCOCCOCCNc3cccc4c3C(=O)N(C3CCC(=O)NC3=O)C4=O)C=C[C@@H]2C)C1. The van der Waals surface area contributed by atoms with Gasteiger partial charge in [-0.05, 0) is 61.1 Å². The van der Waals surface area contributed by atoms with Gasteiger partial charge in [0.1, 0.15) is 24.4 Å². The lowest BCUT2D eigenvalue weighted by Crippen LogP contribution is -2.54. The third-order valence-electron chi connectivity index (χ3n) is 11.1. The molecule has 0 bridgehead atoms. The van der Waals surface area contributed by atoms with E-state index in [1.165, 1.54) is 13.0 Å². The van der Waals surface area contributed by atoms with E-state index in [-0.39, 0.29) is 105 Å². The summed E-state index contributed by atoms with van der Waals surface area (Å²) in [5.74, 6) is -2.42. The van der Waals surface area contributed by atoms with E-state index in [9.17, 15) is 33.6 Å². The van der Waals surface area contributed by atoms with Gasteiger partial charge >= 0.3 is 18.0 Å². The first-order valence-corrected chi connectivity index (χ1v) is 19.8. The molecule has 2 fully saturated rings. The molecular weight excluding hydrogens is 740 g/mol. The molecule has 3 N–H and O–H groups in total. The molecule has 5 aliphatic rings. The second kappa shape index (κ2) is 18.9. The van der Waals surface area contributed by atoms with Crippen molar-refractivity contribution in [1.82, 2.24) is 15.5 Å². The molecule has 16 nitrogen and oxygen atoms in total. The van der Waals surface area contributed by atoms with Crippen molar-refractivity contribution in [3.8, 4) is 0 Å². The van der Waals surface area contributed by atoms with Crippen molar-refractivity contribution >= 4 is 47.3 Å². The summed E-state index contributed by atoms with van der Waals surface area (Å²) in [7, 11) is 0.